The first-order chi connectivity index (χ1) is 8.19. The Kier molecular flexibility index (Phi) is 3.94. The minimum atomic E-state index is -0.0415. The molecule has 4 heteroatoms. The molecule has 0 aliphatic heterocycles. The van der Waals surface area contributed by atoms with Crippen LogP contribution < -0.4 is 5.56 Å². The maximum Gasteiger partial charge on any atom is 0.251 e. The predicted octanol–water partition coefficient (Wildman–Crippen LogP) is 2.00. The van der Waals surface area contributed by atoms with Crippen molar-refractivity contribution in [1.82, 2.24) is 9.97 Å². The Morgan fingerprint density at radius 1 is 1.53 bits per heavy atom. The molecule has 1 aliphatic carbocycles. The first kappa shape index (κ1) is 12.3. The Bertz CT molecular complexity index is 422. The summed E-state index contributed by atoms with van der Waals surface area (Å²) in [5, 5.41) is 0. The summed E-state index contributed by atoms with van der Waals surface area (Å²) >= 11 is 0. The van der Waals surface area contributed by atoms with E-state index in [0.29, 0.717) is 12.3 Å². The fraction of sp³-hybridized carbons (Fsp3) is 0.692. The molecule has 0 bridgehead atoms. The van der Waals surface area contributed by atoms with Gasteiger partial charge >= 0.3 is 0 Å². The van der Waals surface area contributed by atoms with Gasteiger partial charge in [-0.1, -0.05) is 12.8 Å². The lowest BCUT2D eigenvalue weighted by molar-refractivity contribution is 0.117. The Hall–Kier alpha value is -1.16. The van der Waals surface area contributed by atoms with Crippen LogP contribution in [0, 0.1) is 0 Å². The molecule has 1 atom stereocenters. The maximum absolute atomic E-state index is 11.6. The highest BCUT2D eigenvalue weighted by Gasteiger charge is 2.19. The van der Waals surface area contributed by atoms with Gasteiger partial charge in [0.25, 0.3) is 5.56 Å². The summed E-state index contributed by atoms with van der Waals surface area (Å²) in [6.45, 7) is 1.97. The summed E-state index contributed by atoms with van der Waals surface area (Å²) in [4.78, 5) is 19.0. The van der Waals surface area contributed by atoms with Crippen molar-refractivity contribution in [3.63, 3.8) is 0 Å². The van der Waals surface area contributed by atoms with Crippen LogP contribution in [-0.4, -0.2) is 23.2 Å². The molecular weight excluding hydrogens is 216 g/mol. The fourth-order valence-electron chi connectivity index (χ4n) is 2.41. The zero-order chi connectivity index (χ0) is 12.3. The Morgan fingerprint density at radius 3 is 2.88 bits per heavy atom. The van der Waals surface area contributed by atoms with Crippen LogP contribution in [0.3, 0.4) is 0 Å². The Morgan fingerprint density at radius 2 is 2.24 bits per heavy atom. The van der Waals surface area contributed by atoms with Crippen molar-refractivity contribution in [3.8, 4) is 0 Å². The van der Waals surface area contributed by atoms with Crippen molar-refractivity contribution in [3.05, 3.63) is 27.9 Å². The molecule has 4 nitrogen and oxygen atoms in total. The third kappa shape index (κ3) is 3.16. The first-order valence-corrected chi connectivity index (χ1v) is 6.32. The summed E-state index contributed by atoms with van der Waals surface area (Å²) in [7, 11) is 1.67. The maximum atomic E-state index is 11.6. The summed E-state index contributed by atoms with van der Waals surface area (Å²) in [5.74, 6) is 1.22. The highest BCUT2D eigenvalue weighted by Crippen LogP contribution is 2.32. The number of aromatic amines is 1. The lowest BCUT2D eigenvalue weighted by Crippen LogP contribution is -2.18. The van der Waals surface area contributed by atoms with Crippen molar-refractivity contribution in [1.29, 1.82) is 0 Å². The number of nitrogens with zero attached hydrogens (tertiary/aromatic N) is 1. The molecule has 1 fully saturated rings. The van der Waals surface area contributed by atoms with Crippen LogP contribution in [0.25, 0.3) is 0 Å². The van der Waals surface area contributed by atoms with Gasteiger partial charge in [0, 0.05) is 25.5 Å². The van der Waals surface area contributed by atoms with Gasteiger partial charge in [-0.15, -0.1) is 0 Å². The molecule has 17 heavy (non-hydrogen) atoms. The quantitative estimate of drug-likeness (QED) is 0.870. The van der Waals surface area contributed by atoms with E-state index in [2.05, 4.69) is 9.97 Å². The van der Waals surface area contributed by atoms with Gasteiger partial charge in [-0.25, -0.2) is 4.98 Å². The summed E-state index contributed by atoms with van der Waals surface area (Å²) in [5.41, 5.74) is 0.921. The number of ether oxygens (including phenoxy) is 1. The van der Waals surface area contributed by atoms with Gasteiger partial charge in [-0.05, 0) is 19.8 Å². The lowest BCUT2D eigenvalue weighted by Gasteiger charge is -2.12. The second-order valence-corrected chi connectivity index (χ2v) is 4.85. The second kappa shape index (κ2) is 5.45. The third-order valence-corrected chi connectivity index (χ3v) is 3.47. The van der Waals surface area contributed by atoms with E-state index >= 15 is 0 Å². The molecule has 1 unspecified atom stereocenters. The van der Waals surface area contributed by atoms with Crippen molar-refractivity contribution < 1.29 is 4.74 Å². The monoisotopic (exact) mass is 236 g/mol. The van der Waals surface area contributed by atoms with Gasteiger partial charge in [-0.2, -0.15) is 0 Å². The highest BCUT2D eigenvalue weighted by molar-refractivity contribution is 5.10. The van der Waals surface area contributed by atoms with Gasteiger partial charge in [0.05, 0.1) is 11.8 Å². The molecule has 0 radical (unpaired) electrons. The van der Waals surface area contributed by atoms with Crippen LogP contribution in [0.4, 0.5) is 0 Å². The summed E-state index contributed by atoms with van der Waals surface area (Å²) in [6.07, 6.45) is 5.57. The van der Waals surface area contributed by atoms with E-state index in [-0.39, 0.29) is 11.7 Å². The second-order valence-electron chi connectivity index (χ2n) is 4.85. The highest BCUT2D eigenvalue weighted by atomic mass is 16.5. The van der Waals surface area contributed by atoms with Gasteiger partial charge in [0.15, 0.2) is 0 Å². The molecule has 0 amide bonds. The standard InChI is InChI=1S/C13H20N2O2/c1-9(17-2)7-12-14-11(8-13(16)15-12)10-5-3-4-6-10/h8-10H,3-7H2,1-2H3,(H,14,15,16). The number of hydrogen-bond donors (Lipinski definition) is 1. The number of aromatic nitrogens is 2. The van der Waals surface area contributed by atoms with Crippen LogP contribution in [-0.2, 0) is 11.2 Å². The minimum Gasteiger partial charge on any atom is -0.381 e. The lowest BCUT2D eigenvalue weighted by atomic mass is 10.0. The molecule has 1 N–H and O–H groups in total. The van der Waals surface area contributed by atoms with Crippen molar-refractivity contribution in [2.24, 2.45) is 0 Å². The van der Waals surface area contributed by atoms with Gasteiger partial charge in [0.1, 0.15) is 5.82 Å². The Labute approximate surface area is 101 Å². The summed E-state index contributed by atoms with van der Waals surface area (Å²) < 4.78 is 5.20. The predicted molar refractivity (Wildman–Crippen MR) is 66.2 cm³/mol. The molecule has 0 spiro atoms. The number of methoxy groups -OCH3 is 1. The number of nitrogens with one attached hydrogen (secondary N) is 1. The normalized spacial score (nSPS) is 18.5. The van der Waals surface area contributed by atoms with E-state index in [0.717, 1.165) is 24.4 Å². The SMILES string of the molecule is COC(C)Cc1nc(C2CCCC2)cc(=O)[nH]1. The topological polar surface area (TPSA) is 55.0 Å². The molecule has 1 aromatic rings. The van der Waals surface area contributed by atoms with E-state index in [9.17, 15) is 4.79 Å². The minimum absolute atomic E-state index is 0.0415. The van der Waals surface area contributed by atoms with E-state index < -0.39 is 0 Å². The van der Waals surface area contributed by atoms with Crippen LogP contribution in [0.2, 0.25) is 0 Å². The molecule has 94 valence electrons. The van der Waals surface area contributed by atoms with Crippen LogP contribution in [0.1, 0.15) is 50.0 Å². The van der Waals surface area contributed by atoms with Crippen LogP contribution in [0.5, 0.6) is 0 Å². The fourth-order valence-corrected chi connectivity index (χ4v) is 2.41. The zero-order valence-corrected chi connectivity index (χ0v) is 10.5. The van der Waals surface area contributed by atoms with Crippen LogP contribution in [0.15, 0.2) is 10.9 Å². The average Bonchev–Trinajstić information content (AvgIpc) is 2.81. The van der Waals surface area contributed by atoms with E-state index in [1.807, 2.05) is 6.92 Å². The molecule has 1 heterocycles. The molecule has 0 saturated heterocycles. The first-order valence-electron chi connectivity index (χ1n) is 6.32. The number of rotatable bonds is 4. The molecule has 1 saturated carbocycles. The van der Waals surface area contributed by atoms with E-state index in [1.54, 1.807) is 13.2 Å². The van der Waals surface area contributed by atoms with Gasteiger partial charge in [-0.3, -0.25) is 4.79 Å². The number of hydrogen-bond acceptors (Lipinski definition) is 3. The summed E-state index contributed by atoms with van der Waals surface area (Å²) in [6, 6.07) is 1.65. The molecule has 0 aromatic carbocycles. The van der Waals surface area contributed by atoms with Crippen LogP contribution >= 0.6 is 0 Å². The van der Waals surface area contributed by atoms with Gasteiger partial charge in [0.2, 0.25) is 0 Å². The molecule has 1 aliphatic rings. The van der Waals surface area contributed by atoms with Gasteiger partial charge < -0.3 is 9.72 Å². The van der Waals surface area contributed by atoms with Crippen molar-refractivity contribution in [2.45, 2.75) is 51.0 Å². The van der Waals surface area contributed by atoms with E-state index in [1.165, 1.54) is 12.8 Å². The molecular formula is C13H20N2O2. The molecule has 1 aromatic heterocycles. The smallest absolute Gasteiger partial charge is 0.251 e. The number of H-pyrrole nitrogens is 1. The van der Waals surface area contributed by atoms with Crippen molar-refractivity contribution >= 4 is 0 Å². The van der Waals surface area contributed by atoms with E-state index in [4.69, 9.17) is 4.74 Å². The zero-order valence-electron chi connectivity index (χ0n) is 10.5. The Balaban J connectivity index is 2.19. The third-order valence-electron chi connectivity index (χ3n) is 3.47. The molecule has 2 rings (SSSR count). The van der Waals surface area contributed by atoms with Crippen molar-refractivity contribution in [2.75, 3.05) is 7.11 Å². The average molecular weight is 236 g/mol. The largest absolute Gasteiger partial charge is 0.381 e.